The molecular weight excluding hydrogens is 414 g/mol. The first-order valence-corrected chi connectivity index (χ1v) is 11.4. The van der Waals surface area contributed by atoms with Gasteiger partial charge in [-0.05, 0) is 41.8 Å². The van der Waals surface area contributed by atoms with Crippen LogP contribution in [0.4, 0.5) is 0 Å². The Morgan fingerprint density at radius 1 is 1.06 bits per heavy atom. The Labute approximate surface area is 192 Å². The molecule has 5 rings (SSSR count). The van der Waals surface area contributed by atoms with Crippen LogP contribution in [0.25, 0.3) is 11.1 Å². The predicted molar refractivity (Wildman–Crippen MR) is 126 cm³/mol. The van der Waals surface area contributed by atoms with Gasteiger partial charge in [0.05, 0.1) is 12.2 Å². The van der Waals surface area contributed by atoms with E-state index in [1.165, 1.54) is 0 Å². The molecule has 168 valence electrons. The van der Waals surface area contributed by atoms with E-state index in [4.69, 9.17) is 4.52 Å². The largest absolute Gasteiger partial charge is 0.339 e. The molecule has 7 nitrogen and oxygen atoms in total. The van der Waals surface area contributed by atoms with E-state index in [1.54, 1.807) is 0 Å². The highest BCUT2D eigenvalue weighted by molar-refractivity contribution is 5.67. The summed E-state index contributed by atoms with van der Waals surface area (Å²) < 4.78 is 7.14. The normalized spacial score (nSPS) is 13.8. The van der Waals surface area contributed by atoms with E-state index in [9.17, 15) is 4.79 Å². The summed E-state index contributed by atoms with van der Waals surface area (Å²) in [5.74, 6) is 1.12. The van der Waals surface area contributed by atoms with Gasteiger partial charge in [-0.25, -0.2) is 0 Å². The van der Waals surface area contributed by atoms with Crippen LogP contribution in [0.1, 0.15) is 41.2 Å². The summed E-state index contributed by atoms with van der Waals surface area (Å²) in [6, 6.07) is 16.1. The molecule has 1 aromatic carbocycles. The van der Waals surface area contributed by atoms with E-state index >= 15 is 0 Å². The first-order chi connectivity index (χ1) is 16.1. The molecule has 0 bridgehead atoms. The second-order valence-electron chi connectivity index (χ2n) is 8.48. The highest BCUT2D eigenvalue weighted by Crippen LogP contribution is 2.26. The van der Waals surface area contributed by atoms with Crippen LogP contribution in [0.15, 0.2) is 64.0 Å². The Balaban J connectivity index is 1.57. The van der Waals surface area contributed by atoms with Gasteiger partial charge in [-0.3, -0.25) is 14.7 Å². The molecule has 3 aromatic heterocycles. The van der Waals surface area contributed by atoms with Gasteiger partial charge in [0.2, 0.25) is 5.89 Å². The molecule has 0 atom stereocenters. The third-order valence-corrected chi connectivity index (χ3v) is 6.21. The van der Waals surface area contributed by atoms with E-state index < -0.39 is 0 Å². The number of fused-ring (bicyclic) bond motifs is 1. The van der Waals surface area contributed by atoms with Crippen molar-refractivity contribution in [2.24, 2.45) is 0 Å². The summed E-state index contributed by atoms with van der Waals surface area (Å²) >= 11 is 0. The van der Waals surface area contributed by atoms with Crippen LogP contribution in [0, 0.1) is 6.92 Å². The number of hydrogen-bond acceptors (Lipinski definition) is 6. The number of hydrogen-bond donors (Lipinski definition) is 0. The van der Waals surface area contributed by atoms with Crippen molar-refractivity contribution in [3.63, 3.8) is 0 Å². The summed E-state index contributed by atoms with van der Waals surface area (Å²) in [6.07, 6.45) is 3.28. The summed E-state index contributed by atoms with van der Waals surface area (Å²) in [4.78, 5) is 25.0. The molecule has 0 spiro atoms. The van der Waals surface area contributed by atoms with Crippen molar-refractivity contribution in [2.75, 3.05) is 6.54 Å². The molecule has 0 aliphatic carbocycles. The van der Waals surface area contributed by atoms with Crippen molar-refractivity contribution >= 4 is 0 Å². The van der Waals surface area contributed by atoms with Gasteiger partial charge < -0.3 is 9.09 Å². The topological polar surface area (TPSA) is 77.1 Å². The van der Waals surface area contributed by atoms with Crippen molar-refractivity contribution in [2.45, 2.75) is 46.3 Å². The molecule has 4 heterocycles. The standard InChI is InChI=1S/C26H27N5O2/c1-3-25-28-24(29-33-25)17-31-23-11-13-30(16-20-9-6-7-12-27-20)15-19(23)14-22(26(31)32)21-10-5-4-8-18(21)2/h4-10,12,14H,3,11,13,15-17H2,1-2H3. The summed E-state index contributed by atoms with van der Waals surface area (Å²) in [6.45, 7) is 6.73. The number of benzene rings is 1. The van der Waals surface area contributed by atoms with E-state index in [0.29, 0.717) is 30.2 Å². The maximum atomic E-state index is 13.7. The first kappa shape index (κ1) is 21.3. The van der Waals surface area contributed by atoms with Gasteiger partial charge in [0.25, 0.3) is 5.56 Å². The predicted octanol–water partition coefficient (Wildman–Crippen LogP) is 3.77. The third-order valence-electron chi connectivity index (χ3n) is 6.21. The van der Waals surface area contributed by atoms with Crippen LogP contribution < -0.4 is 5.56 Å². The zero-order valence-corrected chi connectivity index (χ0v) is 19.0. The van der Waals surface area contributed by atoms with Crippen LogP contribution >= 0.6 is 0 Å². The van der Waals surface area contributed by atoms with Crippen LogP contribution in [0.5, 0.6) is 0 Å². The SMILES string of the molecule is CCc1nc(Cn2c3c(cc(-c4ccccc4C)c2=O)CN(Cc2ccccn2)CC3)no1. The maximum Gasteiger partial charge on any atom is 0.259 e. The van der Waals surface area contributed by atoms with Crippen molar-refractivity contribution in [3.8, 4) is 11.1 Å². The van der Waals surface area contributed by atoms with Gasteiger partial charge in [0.15, 0.2) is 5.82 Å². The van der Waals surface area contributed by atoms with Crippen molar-refractivity contribution in [1.82, 2.24) is 24.6 Å². The molecule has 0 N–H and O–H groups in total. The highest BCUT2D eigenvalue weighted by atomic mass is 16.5. The molecule has 0 radical (unpaired) electrons. The zero-order valence-electron chi connectivity index (χ0n) is 19.0. The van der Waals surface area contributed by atoms with Crippen LogP contribution in [-0.2, 0) is 32.5 Å². The van der Waals surface area contributed by atoms with Gasteiger partial charge in [-0.1, -0.05) is 42.4 Å². The summed E-state index contributed by atoms with van der Waals surface area (Å²) in [7, 11) is 0. The molecule has 0 amide bonds. The van der Waals surface area contributed by atoms with E-state index in [2.05, 4.69) is 32.2 Å². The molecule has 1 aliphatic heterocycles. The van der Waals surface area contributed by atoms with Crippen LogP contribution in [0.2, 0.25) is 0 Å². The van der Waals surface area contributed by atoms with Crippen molar-refractivity contribution < 1.29 is 4.52 Å². The molecule has 33 heavy (non-hydrogen) atoms. The lowest BCUT2D eigenvalue weighted by molar-refractivity contribution is 0.237. The fourth-order valence-electron chi connectivity index (χ4n) is 4.51. The molecule has 0 saturated heterocycles. The lowest BCUT2D eigenvalue weighted by Crippen LogP contribution is -2.36. The lowest BCUT2D eigenvalue weighted by Gasteiger charge is -2.30. The van der Waals surface area contributed by atoms with Gasteiger partial charge >= 0.3 is 0 Å². The van der Waals surface area contributed by atoms with Crippen LogP contribution in [-0.4, -0.2) is 31.1 Å². The summed E-state index contributed by atoms with van der Waals surface area (Å²) in [5.41, 5.74) is 6.01. The Bertz CT molecular complexity index is 1330. The van der Waals surface area contributed by atoms with Gasteiger partial charge in [0.1, 0.15) is 0 Å². The average molecular weight is 442 g/mol. The smallest absolute Gasteiger partial charge is 0.259 e. The maximum absolute atomic E-state index is 13.7. The zero-order chi connectivity index (χ0) is 22.8. The van der Waals surface area contributed by atoms with Gasteiger partial charge in [-0.15, -0.1) is 0 Å². The Morgan fingerprint density at radius 3 is 2.67 bits per heavy atom. The number of nitrogens with zero attached hydrogens (tertiary/aromatic N) is 5. The Hall–Kier alpha value is -3.58. The molecule has 7 heteroatoms. The first-order valence-electron chi connectivity index (χ1n) is 11.4. The number of rotatable bonds is 6. The summed E-state index contributed by atoms with van der Waals surface area (Å²) in [5, 5.41) is 4.10. The van der Waals surface area contributed by atoms with Crippen LogP contribution in [0.3, 0.4) is 0 Å². The lowest BCUT2D eigenvalue weighted by atomic mass is 9.96. The minimum atomic E-state index is -0.0101. The Morgan fingerprint density at radius 2 is 1.91 bits per heavy atom. The number of aryl methyl sites for hydroxylation is 2. The molecule has 0 fully saturated rings. The second-order valence-corrected chi connectivity index (χ2v) is 8.48. The van der Waals surface area contributed by atoms with Gasteiger partial charge in [0, 0.05) is 49.9 Å². The number of aromatic nitrogens is 4. The molecule has 1 aliphatic rings. The fourth-order valence-corrected chi connectivity index (χ4v) is 4.51. The Kier molecular flexibility index (Phi) is 5.88. The monoisotopic (exact) mass is 441 g/mol. The molecule has 0 unspecified atom stereocenters. The average Bonchev–Trinajstić information content (AvgIpc) is 3.30. The fraction of sp³-hybridized carbons (Fsp3) is 0.308. The minimum Gasteiger partial charge on any atom is -0.339 e. The molecular formula is C26H27N5O2. The van der Waals surface area contributed by atoms with Crippen molar-refractivity contribution in [1.29, 1.82) is 0 Å². The van der Waals surface area contributed by atoms with E-state index in [0.717, 1.165) is 54.1 Å². The quantitative estimate of drug-likeness (QED) is 0.453. The van der Waals surface area contributed by atoms with E-state index in [1.807, 2.05) is 61.0 Å². The van der Waals surface area contributed by atoms with Crippen molar-refractivity contribution in [3.05, 3.63) is 99.3 Å². The molecule has 0 saturated carbocycles. The minimum absolute atomic E-state index is 0.0101. The highest BCUT2D eigenvalue weighted by Gasteiger charge is 2.24. The molecule has 4 aromatic rings. The van der Waals surface area contributed by atoms with Gasteiger partial charge in [-0.2, -0.15) is 4.98 Å². The third kappa shape index (κ3) is 4.36. The van der Waals surface area contributed by atoms with E-state index in [-0.39, 0.29) is 5.56 Å². The number of pyridine rings is 2. The second kappa shape index (κ2) is 9.11.